The summed E-state index contributed by atoms with van der Waals surface area (Å²) in [5.41, 5.74) is 7.93. The van der Waals surface area contributed by atoms with E-state index in [1.165, 1.54) is 17.1 Å². The number of benzene rings is 2. The Morgan fingerprint density at radius 2 is 1.74 bits per heavy atom. The number of fused-ring (bicyclic) bond motifs is 1. The largest absolute Gasteiger partial charge is 0.457 e. The first-order chi connectivity index (χ1) is 16.6. The molecule has 0 radical (unpaired) electrons. The van der Waals surface area contributed by atoms with E-state index in [1.54, 1.807) is 34.2 Å². The monoisotopic (exact) mass is 450 g/mol. The van der Waals surface area contributed by atoms with Crippen molar-refractivity contribution < 1.29 is 14.3 Å². The Kier molecular flexibility index (Phi) is 5.16. The molecule has 2 aromatic heterocycles. The van der Waals surface area contributed by atoms with Gasteiger partial charge in [0.1, 0.15) is 23.5 Å². The van der Waals surface area contributed by atoms with E-state index in [0.717, 1.165) is 6.29 Å². The quantitative estimate of drug-likeness (QED) is 0.362. The average molecular weight is 450 g/mol. The van der Waals surface area contributed by atoms with Crippen LogP contribution in [0.5, 0.6) is 11.5 Å². The number of terminal acetylenes is 1. The van der Waals surface area contributed by atoms with Gasteiger partial charge in [-0.2, -0.15) is 0 Å². The van der Waals surface area contributed by atoms with Crippen molar-refractivity contribution >= 4 is 40.9 Å². The Bertz CT molecular complexity index is 1410. The first kappa shape index (κ1) is 20.8. The van der Waals surface area contributed by atoms with Gasteiger partial charge >= 0.3 is 5.91 Å². The third-order valence-electron chi connectivity index (χ3n) is 5.36. The molecule has 0 bridgehead atoms. The number of para-hydroxylation sites is 1. The third-order valence-corrected chi connectivity index (χ3v) is 5.36. The molecule has 2 aromatic carbocycles. The van der Waals surface area contributed by atoms with Gasteiger partial charge in [-0.05, 0) is 48.4 Å². The van der Waals surface area contributed by atoms with E-state index in [0.29, 0.717) is 34.4 Å². The zero-order valence-electron chi connectivity index (χ0n) is 17.8. The molecule has 4 aromatic rings. The summed E-state index contributed by atoms with van der Waals surface area (Å²) in [5.74, 6) is 3.53. The number of aldehydes is 1. The topological polar surface area (TPSA) is 107 Å². The zero-order chi connectivity index (χ0) is 23.7. The molecule has 1 atom stereocenters. The van der Waals surface area contributed by atoms with Gasteiger partial charge < -0.3 is 15.4 Å². The van der Waals surface area contributed by atoms with Crippen LogP contribution in [0, 0.1) is 12.3 Å². The molecule has 9 nitrogen and oxygen atoms in total. The molecular formula is C25H18N6O3. The van der Waals surface area contributed by atoms with Gasteiger partial charge in [0, 0.05) is 18.1 Å². The van der Waals surface area contributed by atoms with E-state index in [1.807, 2.05) is 42.5 Å². The standard InChI is InChI=1S/C25H18N6O3/c1-2-22(33)29-13-12-18(14-29)31-21(15-32)30(23-24(26)27-16-28-25(23)31)17-8-10-20(11-9-17)34-19-6-4-3-5-7-19/h1,3-16,21H,(H2,26,27,28). The highest BCUT2D eigenvalue weighted by atomic mass is 16.5. The number of anilines is 5. The van der Waals surface area contributed by atoms with Crippen LogP contribution < -0.4 is 20.3 Å². The summed E-state index contributed by atoms with van der Waals surface area (Å²) < 4.78 is 7.13. The first-order valence-corrected chi connectivity index (χ1v) is 10.3. The van der Waals surface area contributed by atoms with Crippen LogP contribution in [0.1, 0.15) is 4.79 Å². The molecule has 5 rings (SSSR count). The van der Waals surface area contributed by atoms with Gasteiger partial charge in [-0.15, -0.1) is 6.42 Å². The Morgan fingerprint density at radius 1 is 1.00 bits per heavy atom. The van der Waals surface area contributed by atoms with E-state index < -0.39 is 12.1 Å². The molecule has 0 fully saturated rings. The number of nitrogens with two attached hydrogens (primary N) is 1. The summed E-state index contributed by atoms with van der Waals surface area (Å²) >= 11 is 0. The van der Waals surface area contributed by atoms with Gasteiger partial charge in [0.25, 0.3) is 0 Å². The summed E-state index contributed by atoms with van der Waals surface area (Å²) in [4.78, 5) is 36.2. The van der Waals surface area contributed by atoms with Crippen LogP contribution in [-0.2, 0) is 4.79 Å². The Labute approximate surface area is 195 Å². The van der Waals surface area contributed by atoms with Crippen LogP contribution in [-0.4, -0.2) is 32.9 Å². The number of hydrogen-bond donors (Lipinski definition) is 1. The van der Waals surface area contributed by atoms with Crippen molar-refractivity contribution in [1.82, 2.24) is 14.5 Å². The maximum Gasteiger partial charge on any atom is 0.306 e. The molecule has 0 saturated carbocycles. The van der Waals surface area contributed by atoms with Crippen molar-refractivity contribution in [2.75, 3.05) is 15.5 Å². The second-order valence-corrected chi connectivity index (χ2v) is 7.36. The molecule has 9 heteroatoms. The number of nitrogen functional groups attached to an aromatic ring is 1. The molecule has 2 N–H and O–H groups in total. The van der Waals surface area contributed by atoms with Crippen molar-refractivity contribution in [1.29, 1.82) is 0 Å². The molecule has 1 aliphatic rings. The number of nitrogens with zero attached hydrogens (tertiary/aromatic N) is 5. The van der Waals surface area contributed by atoms with E-state index in [4.69, 9.17) is 16.9 Å². The van der Waals surface area contributed by atoms with Crippen molar-refractivity contribution in [2.24, 2.45) is 0 Å². The molecule has 166 valence electrons. The number of rotatable bonds is 5. The lowest BCUT2D eigenvalue weighted by molar-refractivity contribution is -0.108. The maximum absolute atomic E-state index is 12.4. The molecule has 3 heterocycles. The SMILES string of the molecule is C#CC(=O)n1ccc(N2c3ncnc(N)c3N(c3ccc(Oc4ccccc4)cc3)C2C=O)c1. The van der Waals surface area contributed by atoms with E-state index in [2.05, 4.69) is 15.9 Å². The van der Waals surface area contributed by atoms with Gasteiger partial charge in [-0.25, -0.2) is 9.97 Å². The number of carbonyl (C=O) groups is 2. The first-order valence-electron chi connectivity index (χ1n) is 10.3. The molecular weight excluding hydrogens is 432 g/mol. The minimum Gasteiger partial charge on any atom is -0.457 e. The second-order valence-electron chi connectivity index (χ2n) is 7.36. The van der Waals surface area contributed by atoms with Crippen molar-refractivity contribution in [2.45, 2.75) is 6.17 Å². The fourth-order valence-electron chi connectivity index (χ4n) is 3.87. The molecule has 0 amide bonds. The Balaban J connectivity index is 1.54. The summed E-state index contributed by atoms with van der Waals surface area (Å²) in [6.07, 6.45) is 9.58. The number of ether oxygens (including phenoxy) is 1. The lowest BCUT2D eigenvalue weighted by Crippen LogP contribution is -2.39. The van der Waals surface area contributed by atoms with Gasteiger partial charge in [0.2, 0.25) is 0 Å². The van der Waals surface area contributed by atoms with Crippen molar-refractivity contribution in [3.63, 3.8) is 0 Å². The predicted molar refractivity (Wildman–Crippen MR) is 127 cm³/mol. The van der Waals surface area contributed by atoms with Crippen LogP contribution in [0.4, 0.5) is 28.7 Å². The summed E-state index contributed by atoms with van der Waals surface area (Å²) in [7, 11) is 0. The van der Waals surface area contributed by atoms with E-state index in [-0.39, 0.29) is 5.82 Å². The number of carbonyl (C=O) groups excluding carboxylic acids is 2. The summed E-state index contributed by atoms with van der Waals surface area (Å²) in [6, 6.07) is 18.3. The van der Waals surface area contributed by atoms with Gasteiger partial charge in [-0.1, -0.05) is 18.2 Å². The molecule has 34 heavy (non-hydrogen) atoms. The highest BCUT2D eigenvalue weighted by molar-refractivity contribution is 5.98. The Morgan fingerprint density at radius 3 is 2.44 bits per heavy atom. The highest BCUT2D eigenvalue weighted by Gasteiger charge is 2.41. The smallest absolute Gasteiger partial charge is 0.306 e. The van der Waals surface area contributed by atoms with Gasteiger partial charge in [0.05, 0.1) is 5.69 Å². The lowest BCUT2D eigenvalue weighted by atomic mass is 10.2. The van der Waals surface area contributed by atoms with E-state index >= 15 is 0 Å². The fraction of sp³-hybridized carbons (Fsp3) is 0.0400. The molecule has 0 spiro atoms. The van der Waals surface area contributed by atoms with E-state index in [9.17, 15) is 9.59 Å². The molecule has 0 saturated heterocycles. The second kappa shape index (κ2) is 8.44. The number of aromatic nitrogens is 3. The predicted octanol–water partition coefficient (Wildman–Crippen LogP) is 3.74. The molecule has 0 aliphatic carbocycles. The highest BCUT2D eigenvalue weighted by Crippen LogP contribution is 2.48. The minimum absolute atomic E-state index is 0.211. The van der Waals surface area contributed by atoms with Crippen LogP contribution in [0.2, 0.25) is 0 Å². The number of hydrogen-bond acceptors (Lipinski definition) is 8. The van der Waals surface area contributed by atoms with Crippen LogP contribution in [0.15, 0.2) is 79.4 Å². The van der Waals surface area contributed by atoms with Crippen LogP contribution in [0.3, 0.4) is 0 Å². The van der Waals surface area contributed by atoms with Crippen LogP contribution >= 0.6 is 0 Å². The third kappa shape index (κ3) is 3.49. The Hall–Kier alpha value is -5.10. The van der Waals surface area contributed by atoms with Crippen LogP contribution in [0.25, 0.3) is 0 Å². The fourth-order valence-corrected chi connectivity index (χ4v) is 3.87. The van der Waals surface area contributed by atoms with Crippen molar-refractivity contribution in [3.8, 4) is 23.8 Å². The van der Waals surface area contributed by atoms with Gasteiger partial charge in [-0.3, -0.25) is 19.1 Å². The maximum atomic E-state index is 12.4. The average Bonchev–Trinajstić information content (AvgIpc) is 3.48. The summed E-state index contributed by atoms with van der Waals surface area (Å²) in [5, 5.41) is 0. The van der Waals surface area contributed by atoms with Crippen molar-refractivity contribution in [3.05, 3.63) is 79.4 Å². The summed E-state index contributed by atoms with van der Waals surface area (Å²) in [6.45, 7) is 0. The minimum atomic E-state index is -0.827. The molecule has 1 unspecified atom stereocenters. The lowest BCUT2D eigenvalue weighted by Gasteiger charge is -2.28. The normalized spacial score (nSPS) is 14.4. The molecule has 1 aliphatic heterocycles. The van der Waals surface area contributed by atoms with Gasteiger partial charge in [0.15, 0.2) is 24.1 Å². The zero-order valence-corrected chi connectivity index (χ0v) is 17.8.